The van der Waals surface area contributed by atoms with E-state index in [0.29, 0.717) is 0 Å². The normalized spacial score (nSPS) is 12.5. The smallest absolute Gasteiger partial charge is 0.120 e. The summed E-state index contributed by atoms with van der Waals surface area (Å²) in [7, 11) is 1.67. The second-order valence-electron chi connectivity index (χ2n) is 3.52. The highest BCUT2D eigenvalue weighted by molar-refractivity contribution is 9.13. The molecule has 0 amide bonds. The van der Waals surface area contributed by atoms with Gasteiger partial charge in [0.25, 0.3) is 0 Å². The molecule has 1 atom stereocenters. The van der Waals surface area contributed by atoms with Crippen LogP contribution in [-0.4, -0.2) is 7.11 Å². The van der Waals surface area contributed by atoms with Gasteiger partial charge in [-0.15, -0.1) is 11.3 Å². The van der Waals surface area contributed by atoms with Crippen molar-refractivity contribution >= 4 is 75.1 Å². The molecule has 0 radical (unpaired) electrons. The average Bonchev–Trinajstić information content (AvgIpc) is 2.68. The summed E-state index contributed by atoms with van der Waals surface area (Å²) in [5.74, 6) is 0.846. The Morgan fingerprint density at radius 2 is 1.83 bits per heavy atom. The van der Waals surface area contributed by atoms with Crippen molar-refractivity contribution in [2.45, 2.75) is 4.83 Å². The molecule has 0 bridgehead atoms. The Balaban J connectivity index is 2.36. The molecule has 0 aliphatic heterocycles. The van der Waals surface area contributed by atoms with E-state index < -0.39 is 0 Å². The zero-order valence-corrected chi connectivity index (χ0v) is 16.4. The topological polar surface area (TPSA) is 9.23 Å². The number of ether oxygens (including phenoxy) is 1. The maximum absolute atomic E-state index is 5.20. The highest BCUT2D eigenvalue weighted by atomic mass is 79.9. The van der Waals surface area contributed by atoms with Crippen LogP contribution in [0.2, 0.25) is 0 Å². The van der Waals surface area contributed by atoms with Crippen molar-refractivity contribution in [3.8, 4) is 5.75 Å². The van der Waals surface area contributed by atoms with E-state index in [9.17, 15) is 0 Å². The van der Waals surface area contributed by atoms with Crippen LogP contribution in [-0.2, 0) is 0 Å². The van der Waals surface area contributed by atoms with Crippen LogP contribution in [0.3, 0.4) is 0 Å². The van der Waals surface area contributed by atoms with Gasteiger partial charge in [0.05, 0.1) is 15.7 Å². The van der Waals surface area contributed by atoms with Gasteiger partial charge in [-0.05, 0) is 55.6 Å². The van der Waals surface area contributed by atoms with E-state index in [0.717, 1.165) is 18.5 Å². The third-order valence-electron chi connectivity index (χ3n) is 2.39. The molecule has 2 rings (SSSR count). The fourth-order valence-electron chi connectivity index (χ4n) is 1.48. The van der Waals surface area contributed by atoms with Crippen LogP contribution in [0.1, 0.15) is 15.3 Å². The van der Waals surface area contributed by atoms with E-state index in [-0.39, 0.29) is 4.83 Å². The first-order valence-electron chi connectivity index (χ1n) is 4.95. The molecule has 0 aliphatic rings. The van der Waals surface area contributed by atoms with E-state index in [4.69, 9.17) is 4.74 Å². The Hall–Kier alpha value is 0.640. The summed E-state index contributed by atoms with van der Waals surface area (Å²) in [5.41, 5.74) is 1.18. The molecule has 0 aliphatic carbocycles. The first kappa shape index (κ1) is 15.0. The van der Waals surface area contributed by atoms with Crippen LogP contribution in [0.15, 0.2) is 37.0 Å². The van der Waals surface area contributed by atoms with Gasteiger partial charge in [0, 0.05) is 13.8 Å². The lowest BCUT2D eigenvalue weighted by Crippen LogP contribution is -1.92. The average molecular weight is 520 g/mol. The molecule has 0 N–H and O–H groups in total. The minimum absolute atomic E-state index is 0.158. The van der Waals surface area contributed by atoms with Crippen LogP contribution in [0.5, 0.6) is 5.75 Å². The number of thiophene rings is 1. The molecule has 1 heterocycles. The molecule has 6 heteroatoms. The Bertz CT molecular complexity index is 548. The summed E-state index contributed by atoms with van der Waals surface area (Å²) in [5, 5.41) is 0. The third kappa shape index (κ3) is 3.20. The summed E-state index contributed by atoms with van der Waals surface area (Å²) in [6.07, 6.45) is 0. The second kappa shape index (κ2) is 6.39. The molecule has 0 saturated heterocycles. The molecule has 18 heavy (non-hydrogen) atoms. The van der Waals surface area contributed by atoms with E-state index in [1.54, 1.807) is 18.4 Å². The first-order chi connectivity index (χ1) is 8.52. The van der Waals surface area contributed by atoms with Crippen LogP contribution in [0, 0.1) is 0 Å². The Morgan fingerprint density at radius 1 is 1.11 bits per heavy atom. The fraction of sp³-hybridized carbons (Fsp3) is 0.167. The summed E-state index contributed by atoms with van der Waals surface area (Å²) in [6.45, 7) is 0. The highest BCUT2D eigenvalue weighted by Crippen LogP contribution is 2.43. The van der Waals surface area contributed by atoms with Crippen LogP contribution in [0.4, 0.5) is 0 Å². The lowest BCUT2D eigenvalue weighted by Gasteiger charge is -2.11. The Kier molecular flexibility index (Phi) is 5.34. The largest absolute Gasteiger partial charge is 0.497 e. The van der Waals surface area contributed by atoms with Crippen molar-refractivity contribution < 1.29 is 4.74 Å². The lowest BCUT2D eigenvalue weighted by atomic mass is 10.1. The molecule has 1 aromatic carbocycles. The number of halogens is 4. The predicted octanol–water partition coefficient (Wildman–Crippen LogP) is 6.53. The Morgan fingerprint density at radius 3 is 2.33 bits per heavy atom. The molecule has 0 fully saturated rings. The zero-order valence-electron chi connectivity index (χ0n) is 9.22. The van der Waals surface area contributed by atoms with Crippen LogP contribution in [0.25, 0.3) is 0 Å². The summed E-state index contributed by atoms with van der Waals surface area (Å²) in [4.78, 5) is 1.39. The number of rotatable bonds is 3. The minimum Gasteiger partial charge on any atom is -0.497 e. The molecular weight excluding hydrogens is 512 g/mol. The van der Waals surface area contributed by atoms with Crippen molar-refractivity contribution in [1.29, 1.82) is 0 Å². The fourth-order valence-corrected chi connectivity index (χ4v) is 5.27. The van der Waals surface area contributed by atoms with Gasteiger partial charge in [-0.25, -0.2) is 0 Å². The SMILES string of the molecule is COc1ccc(C(Br)c2cc(Br)c(Br)s2)c(Br)c1. The van der Waals surface area contributed by atoms with Gasteiger partial charge in [-0.3, -0.25) is 0 Å². The maximum Gasteiger partial charge on any atom is 0.120 e. The van der Waals surface area contributed by atoms with Gasteiger partial charge < -0.3 is 4.74 Å². The lowest BCUT2D eigenvalue weighted by molar-refractivity contribution is 0.414. The summed E-state index contributed by atoms with van der Waals surface area (Å²) < 4.78 is 8.42. The van der Waals surface area contributed by atoms with Gasteiger partial charge in [-0.1, -0.05) is 37.9 Å². The highest BCUT2D eigenvalue weighted by Gasteiger charge is 2.17. The van der Waals surface area contributed by atoms with E-state index in [1.807, 2.05) is 12.1 Å². The van der Waals surface area contributed by atoms with E-state index in [2.05, 4.69) is 75.9 Å². The quantitative estimate of drug-likeness (QED) is 0.419. The van der Waals surface area contributed by atoms with E-state index >= 15 is 0 Å². The number of benzene rings is 1. The maximum atomic E-state index is 5.20. The molecule has 96 valence electrons. The second-order valence-corrected chi connectivity index (χ2v) is 8.55. The molecule has 1 nitrogen and oxygen atoms in total. The molecular formula is C12H8Br4OS. The van der Waals surface area contributed by atoms with E-state index in [1.165, 1.54) is 10.4 Å². The zero-order chi connectivity index (χ0) is 13.3. The Labute approximate surface area is 143 Å². The van der Waals surface area contributed by atoms with Gasteiger partial charge in [0.2, 0.25) is 0 Å². The van der Waals surface area contributed by atoms with Gasteiger partial charge in [-0.2, -0.15) is 0 Å². The summed E-state index contributed by atoms with van der Waals surface area (Å²) in [6, 6.07) is 8.11. The molecule has 0 spiro atoms. The number of methoxy groups -OCH3 is 1. The standard InChI is InChI=1S/C12H8Br4OS/c1-17-6-2-3-7(8(13)4-6)11(15)10-5-9(14)12(16)18-10/h2-5,11H,1H3. The van der Waals surface area contributed by atoms with Crippen LogP contribution >= 0.6 is 75.1 Å². The molecule has 1 aromatic heterocycles. The van der Waals surface area contributed by atoms with Gasteiger partial charge in [0.15, 0.2) is 0 Å². The minimum atomic E-state index is 0.158. The van der Waals surface area contributed by atoms with Crippen molar-refractivity contribution in [1.82, 2.24) is 0 Å². The molecule has 2 aromatic rings. The monoisotopic (exact) mass is 516 g/mol. The number of hydrogen-bond donors (Lipinski definition) is 0. The first-order valence-corrected chi connectivity index (χ1v) is 9.06. The van der Waals surface area contributed by atoms with Gasteiger partial charge in [0.1, 0.15) is 5.75 Å². The van der Waals surface area contributed by atoms with Gasteiger partial charge >= 0.3 is 0 Å². The van der Waals surface area contributed by atoms with Crippen molar-refractivity contribution in [3.63, 3.8) is 0 Å². The van der Waals surface area contributed by atoms with Crippen molar-refractivity contribution in [2.75, 3.05) is 7.11 Å². The van der Waals surface area contributed by atoms with Crippen molar-refractivity contribution in [3.05, 3.63) is 47.4 Å². The summed E-state index contributed by atoms with van der Waals surface area (Å²) >= 11 is 16.1. The number of alkyl halides is 1. The molecule has 0 saturated carbocycles. The molecule has 1 unspecified atom stereocenters. The van der Waals surface area contributed by atoms with Crippen molar-refractivity contribution in [2.24, 2.45) is 0 Å². The van der Waals surface area contributed by atoms with Crippen LogP contribution < -0.4 is 4.74 Å². The predicted molar refractivity (Wildman–Crippen MR) is 91.2 cm³/mol. The number of hydrogen-bond acceptors (Lipinski definition) is 2. The third-order valence-corrected chi connectivity index (χ3v) is 7.69.